The standard InChI is InChI=1S/C34H21NS/c1-4-16-30-25(11-1)26-12-2-5-17-31(26)35(30)23-10-7-9-22(21-23)24-19-20-33-34-28(24)14-8-15-29(34)27-13-3-6-18-32(27)36-33/h1-21H. The van der Waals surface area contributed by atoms with Crippen molar-refractivity contribution in [2.75, 3.05) is 0 Å². The molecule has 1 nitrogen and oxygen atoms in total. The van der Waals surface area contributed by atoms with Gasteiger partial charge in [-0.15, -0.1) is 0 Å². The van der Waals surface area contributed by atoms with Crippen molar-refractivity contribution in [3.05, 3.63) is 127 Å². The Balaban J connectivity index is 1.37. The summed E-state index contributed by atoms with van der Waals surface area (Å²) in [6.45, 7) is 0. The van der Waals surface area contributed by atoms with Crippen LogP contribution in [0.25, 0.3) is 60.5 Å². The van der Waals surface area contributed by atoms with E-state index in [1.807, 2.05) is 11.8 Å². The normalized spacial score (nSPS) is 12.3. The van der Waals surface area contributed by atoms with Gasteiger partial charge in [0.1, 0.15) is 0 Å². The highest BCUT2D eigenvalue weighted by molar-refractivity contribution is 7.99. The fourth-order valence-corrected chi connectivity index (χ4v) is 6.97. The van der Waals surface area contributed by atoms with Gasteiger partial charge in [-0.1, -0.05) is 103 Å². The van der Waals surface area contributed by atoms with Crippen molar-refractivity contribution in [3.8, 4) is 27.9 Å². The molecule has 0 spiro atoms. The van der Waals surface area contributed by atoms with Crippen molar-refractivity contribution >= 4 is 44.3 Å². The average Bonchev–Trinajstić information content (AvgIpc) is 3.28. The summed E-state index contributed by atoms with van der Waals surface area (Å²) in [7, 11) is 0. The van der Waals surface area contributed by atoms with E-state index in [-0.39, 0.29) is 0 Å². The van der Waals surface area contributed by atoms with Crippen LogP contribution in [0.3, 0.4) is 0 Å². The molecule has 0 amide bonds. The van der Waals surface area contributed by atoms with E-state index in [9.17, 15) is 0 Å². The highest BCUT2D eigenvalue weighted by atomic mass is 32.2. The fraction of sp³-hybridized carbons (Fsp3) is 0. The first-order chi connectivity index (χ1) is 17.9. The second kappa shape index (κ2) is 7.61. The van der Waals surface area contributed by atoms with E-state index in [1.54, 1.807) is 0 Å². The maximum absolute atomic E-state index is 2.39. The molecule has 0 radical (unpaired) electrons. The molecule has 2 heteroatoms. The number of aromatic nitrogens is 1. The summed E-state index contributed by atoms with van der Waals surface area (Å²) in [6, 6.07) is 46.5. The largest absolute Gasteiger partial charge is 0.309 e. The van der Waals surface area contributed by atoms with Gasteiger partial charge in [-0.2, -0.15) is 0 Å². The molecule has 0 fully saturated rings. The molecule has 2 heterocycles. The van der Waals surface area contributed by atoms with Crippen LogP contribution in [0.2, 0.25) is 0 Å². The lowest BCUT2D eigenvalue weighted by atomic mass is 9.92. The van der Waals surface area contributed by atoms with Gasteiger partial charge >= 0.3 is 0 Å². The Hall–Kier alpha value is -4.27. The highest BCUT2D eigenvalue weighted by Crippen LogP contribution is 2.49. The van der Waals surface area contributed by atoms with Gasteiger partial charge in [-0.25, -0.2) is 0 Å². The van der Waals surface area contributed by atoms with Crippen molar-refractivity contribution in [1.29, 1.82) is 0 Å². The molecule has 0 atom stereocenters. The van der Waals surface area contributed by atoms with Crippen LogP contribution in [0.1, 0.15) is 0 Å². The lowest BCUT2D eigenvalue weighted by Crippen LogP contribution is -1.96. The maximum atomic E-state index is 2.39. The van der Waals surface area contributed by atoms with E-state index in [1.165, 1.54) is 70.3 Å². The minimum Gasteiger partial charge on any atom is -0.309 e. The lowest BCUT2D eigenvalue weighted by Gasteiger charge is -2.21. The van der Waals surface area contributed by atoms with Crippen molar-refractivity contribution in [1.82, 2.24) is 4.57 Å². The molecule has 168 valence electrons. The molecule has 0 saturated carbocycles. The summed E-state index contributed by atoms with van der Waals surface area (Å²) in [5, 5.41) is 5.25. The fourth-order valence-electron chi connectivity index (χ4n) is 5.85. The Morgan fingerprint density at radius 3 is 1.94 bits per heavy atom. The third-order valence-corrected chi connectivity index (χ3v) is 8.53. The van der Waals surface area contributed by atoms with Crippen LogP contribution < -0.4 is 0 Å². The molecule has 0 saturated heterocycles. The predicted octanol–water partition coefficient (Wildman–Crippen LogP) is 9.74. The van der Waals surface area contributed by atoms with E-state index in [0.29, 0.717) is 0 Å². The van der Waals surface area contributed by atoms with Crippen LogP contribution in [0, 0.1) is 0 Å². The van der Waals surface area contributed by atoms with Gasteiger partial charge in [0.2, 0.25) is 0 Å². The van der Waals surface area contributed by atoms with Gasteiger partial charge in [-0.05, 0) is 64.0 Å². The van der Waals surface area contributed by atoms with E-state index in [2.05, 4.69) is 132 Å². The molecule has 0 unspecified atom stereocenters. The van der Waals surface area contributed by atoms with Crippen LogP contribution in [-0.2, 0) is 0 Å². The SMILES string of the molecule is c1cc(-c2ccc3c4c(cccc24)-c2ccccc2S3)cc(-n2c3ccccc3c3ccccc32)c1. The first-order valence-corrected chi connectivity index (χ1v) is 13.1. The predicted molar refractivity (Wildman–Crippen MR) is 153 cm³/mol. The molecule has 0 N–H and O–H groups in total. The van der Waals surface area contributed by atoms with Crippen molar-refractivity contribution in [2.24, 2.45) is 0 Å². The zero-order valence-corrected chi connectivity index (χ0v) is 20.3. The smallest absolute Gasteiger partial charge is 0.0541 e. The van der Waals surface area contributed by atoms with Crippen molar-refractivity contribution < 1.29 is 0 Å². The first-order valence-electron chi connectivity index (χ1n) is 12.3. The number of hydrogen-bond acceptors (Lipinski definition) is 1. The van der Waals surface area contributed by atoms with E-state index in [4.69, 9.17) is 0 Å². The molecular formula is C34H21NS. The average molecular weight is 476 g/mol. The summed E-state index contributed by atoms with van der Waals surface area (Å²) < 4.78 is 2.39. The number of fused-ring (bicyclic) bond motifs is 5. The number of benzene rings is 6. The Morgan fingerprint density at radius 1 is 0.444 bits per heavy atom. The molecule has 1 aliphatic heterocycles. The maximum Gasteiger partial charge on any atom is 0.0541 e. The van der Waals surface area contributed by atoms with Gasteiger partial charge in [0.15, 0.2) is 0 Å². The zero-order valence-electron chi connectivity index (χ0n) is 19.5. The first kappa shape index (κ1) is 20.0. The zero-order chi connectivity index (χ0) is 23.6. The van der Waals surface area contributed by atoms with Gasteiger partial charge in [0.05, 0.1) is 11.0 Å². The molecule has 7 aromatic rings. The monoisotopic (exact) mass is 475 g/mol. The molecule has 0 bridgehead atoms. The topological polar surface area (TPSA) is 4.93 Å². The molecule has 36 heavy (non-hydrogen) atoms. The van der Waals surface area contributed by atoms with E-state index < -0.39 is 0 Å². The molecule has 8 rings (SSSR count). The molecular weight excluding hydrogens is 454 g/mol. The molecule has 1 aliphatic rings. The summed E-state index contributed by atoms with van der Waals surface area (Å²) in [4.78, 5) is 2.67. The summed E-state index contributed by atoms with van der Waals surface area (Å²) in [5.74, 6) is 0. The second-order valence-electron chi connectivity index (χ2n) is 9.36. The molecule has 6 aromatic carbocycles. The number of nitrogens with zero attached hydrogens (tertiary/aromatic N) is 1. The molecule has 0 aliphatic carbocycles. The Labute approximate surface area is 213 Å². The molecule has 1 aromatic heterocycles. The van der Waals surface area contributed by atoms with Crippen LogP contribution in [0.4, 0.5) is 0 Å². The number of rotatable bonds is 2. The van der Waals surface area contributed by atoms with Gasteiger partial charge in [0.25, 0.3) is 0 Å². The number of para-hydroxylation sites is 2. The second-order valence-corrected chi connectivity index (χ2v) is 10.4. The third-order valence-electron chi connectivity index (χ3n) is 7.39. The van der Waals surface area contributed by atoms with Crippen LogP contribution in [0.5, 0.6) is 0 Å². The van der Waals surface area contributed by atoms with Gasteiger partial charge in [-0.3, -0.25) is 0 Å². The van der Waals surface area contributed by atoms with Crippen LogP contribution in [-0.4, -0.2) is 4.57 Å². The summed E-state index contributed by atoms with van der Waals surface area (Å²) in [5.41, 5.74) is 8.83. The Bertz CT molecular complexity index is 1920. The van der Waals surface area contributed by atoms with Gasteiger partial charge in [0, 0.05) is 31.6 Å². The minimum absolute atomic E-state index is 1.19. The van der Waals surface area contributed by atoms with Crippen LogP contribution in [0.15, 0.2) is 137 Å². The third kappa shape index (κ3) is 2.79. The Morgan fingerprint density at radius 2 is 1.11 bits per heavy atom. The highest BCUT2D eigenvalue weighted by Gasteiger charge is 2.20. The number of hydrogen-bond donors (Lipinski definition) is 0. The summed E-state index contributed by atoms with van der Waals surface area (Å²) in [6.07, 6.45) is 0. The van der Waals surface area contributed by atoms with E-state index in [0.717, 1.165) is 0 Å². The van der Waals surface area contributed by atoms with Crippen LogP contribution >= 0.6 is 11.8 Å². The van der Waals surface area contributed by atoms with Crippen molar-refractivity contribution in [3.63, 3.8) is 0 Å². The van der Waals surface area contributed by atoms with Gasteiger partial charge < -0.3 is 4.57 Å². The Kier molecular flexibility index (Phi) is 4.22. The van der Waals surface area contributed by atoms with E-state index >= 15 is 0 Å². The summed E-state index contributed by atoms with van der Waals surface area (Å²) >= 11 is 1.88. The quantitative estimate of drug-likeness (QED) is 0.241. The van der Waals surface area contributed by atoms with Crippen molar-refractivity contribution in [2.45, 2.75) is 9.79 Å². The lowest BCUT2D eigenvalue weighted by molar-refractivity contribution is 1.18. The minimum atomic E-state index is 1.19.